The molecule has 0 aliphatic heterocycles. The molecule has 2 atom stereocenters. The van der Waals surface area contributed by atoms with Crippen LogP contribution in [0.4, 0.5) is 0 Å². The van der Waals surface area contributed by atoms with Gasteiger partial charge in [0.25, 0.3) is 0 Å². The third kappa shape index (κ3) is 7.11. The van der Waals surface area contributed by atoms with Gasteiger partial charge in [-0.3, -0.25) is 9.00 Å². The lowest BCUT2D eigenvalue weighted by Crippen LogP contribution is -2.43. The highest BCUT2D eigenvalue weighted by Crippen LogP contribution is 1.84. The molecule has 0 radical (unpaired) electrons. The Labute approximate surface area is 93.7 Å². The quantitative estimate of drug-likeness (QED) is 0.579. The molecule has 15 heavy (non-hydrogen) atoms. The monoisotopic (exact) mass is 230 g/mol. The summed E-state index contributed by atoms with van der Waals surface area (Å²) in [4.78, 5) is 11.3. The van der Waals surface area contributed by atoms with Crippen molar-refractivity contribution < 1.29 is 9.00 Å². The molecule has 86 valence electrons. The van der Waals surface area contributed by atoms with Crippen molar-refractivity contribution in [1.29, 1.82) is 0 Å². The molecule has 2 unspecified atom stereocenters. The Morgan fingerprint density at radius 3 is 2.80 bits per heavy atom. The second kappa shape index (κ2) is 8.45. The smallest absolute Gasteiger partial charge is 0.237 e. The number of carbonyl (C=O) groups is 1. The van der Waals surface area contributed by atoms with Crippen molar-refractivity contribution in [2.45, 2.75) is 19.9 Å². The van der Waals surface area contributed by atoms with Crippen molar-refractivity contribution in [1.82, 2.24) is 10.6 Å². The predicted molar refractivity (Wildman–Crippen MR) is 62.9 cm³/mol. The number of rotatable bonds is 7. The molecule has 2 N–H and O–H groups in total. The molecule has 0 fully saturated rings. The van der Waals surface area contributed by atoms with E-state index in [1.807, 2.05) is 6.92 Å². The van der Waals surface area contributed by atoms with Gasteiger partial charge in [0.2, 0.25) is 5.91 Å². The van der Waals surface area contributed by atoms with E-state index in [9.17, 15) is 9.00 Å². The highest BCUT2D eigenvalue weighted by Gasteiger charge is 2.10. The van der Waals surface area contributed by atoms with Crippen LogP contribution in [0.5, 0.6) is 0 Å². The molecule has 5 heteroatoms. The average Bonchev–Trinajstić information content (AvgIpc) is 2.25. The fourth-order valence-electron chi connectivity index (χ4n) is 0.918. The van der Waals surface area contributed by atoms with Gasteiger partial charge in [0, 0.05) is 28.9 Å². The Kier molecular flexibility index (Phi) is 7.96. The molecule has 0 rings (SSSR count). The first-order valence-electron chi connectivity index (χ1n) is 4.91. The highest BCUT2D eigenvalue weighted by molar-refractivity contribution is 7.84. The largest absolute Gasteiger partial charge is 0.344 e. The SMILES string of the molecule is C#CCNC(=O)C(C)NCCS(=O)CC. The van der Waals surface area contributed by atoms with Crippen LogP contribution in [0.2, 0.25) is 0 Å². The van der Waals surface area contributed by atoms with Crippen LogP contribution in [0.3, 0.4) is 0 Å². The number of terminal acetylenes is 1. The average molecular weight is 230 g/mol. The standard InChI is InChI=1S/C10H18N2O2S/c1-4-6-12-10(13)9(3)11-7-8-15(14)5-2/h1,9,11H,5-8H2,2-3H3,(H,12,13). The summed E-state index contributed by atoms with van der Waals surface area (Å²) < 4.78 is 11.1. The highest BCUT2D eigenvalue weighted by atomic mass is 32.2. The van der Waals surface area contributed by atoms with Crippen LogP contribution in [-0.2, 0) is 15.6 Å². The molecule has 0 aromatic rings. The Balaban J connectivity index is 3.65. The second-order valence-corrected chi connectivity index (χ2v) is 4.90. The van der Waals surface area contributed by atoms with Gasteiger partial charge in [0.1, 0.15) is 0 Å². The zero-order chi connectivity index (χ0) is 11.7. The maximum atomic E-state index is 11.3. The normalized spacial score (nSPS) is 13.9. The third-order valence-corrected chi connectivity index (χ3v) is 3.16. The molecule has 0 aliphatic rings. The topological polar surface area (TPSA) is 58.2 Å². The minimum atomic E-state index is -0.789. The van der Waals surface area contributed by atoms with Crippen LogP contribution in [0.15, 0.2) is 0 Å². The van der Waals surface area contributed by atoms with Gasteiger partial charge in [0.15, 0.2) is 0 Å². The summed E-state index contributed by atoms with van der Waals surface area (Å²) in [6, 6.07) is -0.299. The first kappa shape index (κ1) is 14.1. The minimum Gasteiger partial charge on any atom is -0.344 e. The molecule has 0 heterocycles. The first-order chi connectivity index (χ1) is 7.11. The lowest BCUT2D eigenvalue weighted by atomic mass is 10.3. The molecule has 0 saturated heterocycles. The summed E-state index contributed by atoms with van der Waals surface area (Å²) in [6.45, 7) is 4.44. The van der Waals surface area contributed by atoms with E-state index in [-0.39, 0.29) is 18.5 Å². The van der Waals surface area contributed by atoms with Crippen LogP contribution < -0.4 is 10.6 Å². The van der Waals surface area contributed by atoms with Crippen LogP contribution in [0.25, 0.3) is 0 Å². The van der Waals surface area contributed by atoms with Gasteiger partial charge in [-0.15, -0.1) is 6.42 Å². The molecular formula is C10H18N2O2S. The molecular weight excluding hydrogens is 212 g/mol. The second-order valence-electron chi connectivity index (χ2n) is 3.03. The van der Waals surface area contributed by atoms with E-state index in [0.29, 0.717) is 18.1 Å². The van der Waals surface area contributed by atoms with Crippen LogP contribution in [-0.4, -0.2) is 40.8 Å². The van der Waals surface area contributed by atoms with Gasteiger partial charge in [0.05, 0.1) is 12.6 Å². The molecule has 0 spiro atoms. The van der Waals surface area contributed by atoms with Crippen molar-refractivity contribution in [2.24, 2.45) is 0 Å². The fourth-order valence-corrected chi connectivity index (χ4v) is 1.55. The Morgan fingerprint density at radius 1 is 1.60 bits per heavy atom. The molecule has 0 aliphatic carbocycles. The van der Waals surface area contributed by atoms with Crippen LogP contribution in [0.1, 0.15) is 13.8 Å². The fraction of sp³-hybridized carbons (Fsp3) is 0.700. The van der Waals surface area contributed by atoms with E-state index in [0.717, 1.165) is 0 Å². The summed E-state index contributed by atoms with van der Waals surface area (Å²) >= 11 is 0. The number of hydrogen-bond donors (Lipinski definition) is 2. The minimum absolute atomic E-state index is 0.129. The third-order valence-electron chi connectivity index (χ3n) is 1.86. The van der Waals surface area contributed by atoms with Gasteiger partial charge in [-0.2, -0.15) is 0 Å². The Morgan fingerprint density at radius 2 is 2.27 bits per heavy atom. The summed E-state index contributed by atoms with van der Waals surface area (Å²) in [5.74, 6) is 3.42. The molecule has 0 bridgehead atoms. The molecule has 1 amide bonds. The van der Waals surface area contributed by atoms with E-state index in [1.165, 1.54) is 0 Å². The van der Waals surface area contributed by atoms with Gasteiger partial charge in [-0.05, 0) is 6.92 Å². The van der Waals surface area contributed by atoms with E-state index >= 15 is 0 Å². The van der Waals surface area contributed by atoms with Crippen molar-refractivity contribution in [2.75, 3.05) is 24.6 Å². The Bertz CT molecular complexity index is 261. The van der Waals surface area contributed by atoms with Crippen LogP contribution >= 0.6 is 0 Å². The van der Waals surface area contributed by atoms with E-state index < -0.39 is 10.8 Å². The summed E-state index contributed by atoms with van der Waals surface area (Å²) in [7, 11) is -0.789. The van der Waals surface area contributed by atoms with Crippen molar-refractivity contribution >= 4 is 16.7 Å². The van der Waals surface area contributed by atoms with E-state index in [4.69, 9.17) is 6.42 Å². The predicted octanol–water partition coefficient (Wildman–Crippen LogP) is -0.517. The van der Waals surface area contributed by atoms with Crippen LogP contribution in [0, 0.1) is 12.3 Å². The molecule has 0 saturated carbocycles. The zero-order valence-corrected chi connectivity index (χ0v) is 10.0. The van der Waals surface area contributed by atoms with Crippen molar-refractivity contribution in [3.05, 3.63) is 0 Å². The van der Waals surface area contributed by atoms with Crippen molar-refractivity contribution in [3.63, 3.8) is 0 Å². The number of hydrogen-bond acceptors (Lipinski definition) is 3. The zero-order valence-electron chi connectivity index (χ0n) is 9.21. The lowest BCUT2D eigenvalue weighted by molar-refractivity contribution is -0.122. The lowest BCUT2D eigenvalue weighted by Gasteiger charge is -2.12. The maximum absolute atomic E-state index is 11.3. The van der Waals surface area contributed by atoms with Gasteiger partial charge in [-0.25, -0.2) is 0 Å². The van der Waals surface area contributed by atoms with E-state index in [2.05, 4.69) is 16.6 Å². The summed E-state index contributed by atoms with van der Waals surface area (Å²) in [5, 5.41) is 5.55. The number of carbonyl (C=O) groups excluding carboxylic acids is 1. The molecule has 0 aromatic heterocycles. The summed E-state index contributed by atoms with van der Waals surface area (Å²) in [6.07, 6.45) is 5.01. The molecule has 4 nitrogen and oxygen atoms in total. The molecule has 0 aromatic carbocycles. The first-order valence-corrected chi connectivity index (χ1v) is 6.40. The van der Waals surface area contributed by atoms with Gasteiger partial charge in [-0.1, -0.05) is 12.8 Å². The number of amides is 1. The van der Waals surface area contributed by atoms with Gasteiger partial charge >= 0.3 is 0 Å². The number of nitrogens with one attached hydrogen (secondary N) is 2. The van der Waals surface area contributed by atoms with Gasteiger partial charge < -0.3 is 10.6 Å². The van der Waals surface area contributed by atoms with E-state index in [1.54, 1.807) is 6.92 Å². The summed E-state index contributed by atoms with van der Waals surface area (Å²) in [5.41, 5.74) is 0. The van der Waals surface area contributed by atoms with Crippen molar-refractivity contribution in [3.8, 4) is 12.3 Å². The Hall–Kier alpha value is -0.860. The maximum Gasteiger partial charge on any atom is 0.237 e.